The number of para-hydroxylation sites is 1. The monoisotopic (exact) mass is 435 g/mol. The minimum absolute atomic E-state index is 0.0856. The van der Waals surface area contributed by atoms with Crippen molar-refractivity contribution in [3.05, 3.63) is 40.7 Å². The summed E-state index contributed by atoms with van der Waals surface area (Å²) in [4.78, 5) is 25.8. The molecule has 2 bridgehead atoms. The normalized spacial score (nSPS) is 25.2. The molecule has 30 heavy (non-hydrogen) atoms. The molecule has 6 nitrogen and oxygen atoms in total. The van der Waals surface area contributed by atoms with Crippen LogP contribution >= 0.6 is 11.6 Å². The van der Waals surface area contributed by atoms with Crippen molar-refractivity contribution in [3.8, 4) is 5.75 Å². The third-order valence-corrected chi connectivity index (χ3v) is 6.74. The molecule has 0 heterocycles. The molecule has 2 aliphatic carbocycles. The number of esters is 2. The minimum Gasteiger partial charge on any atom is -0.467 e. The number of methoxy groups -OCH3 is 1. The van der Waals surface area contributed by atoms with E-state index in [0.717, 1.165) is 25.7 Å². The first-order valence-corrected chi connectivity index (χ1v) is 10.9. The highest BCUT2D eigenvalue weighted by molar-refractivity contribution is 6.32. The summed E-state index contributed by atoms with van der Waals surface area (Å²) in [6.07, 6.45) is 4.38. The quantitative estimate of drug-likeness (QED) is 0.369. The maximum atomic E-state index is 13.0. The van der Waals surface area contributed by atoms with E-state index in [9.17, 15) is 9.59 Å². The van der Waals surface area contributed by atoms with E-state index in [-0.39, 0.29) is 24.0 Å². The van der Waals surface area contributed by atoms with Gasteiger partial charge >= 0.3 is 11.9 Å². The summed E-state index contributed by atoms with van der Waals surface area (Å²) in [5, 5.41) is 3.63. The van der Waals surface area contributed by atoms with Gasteiger partial charge in [0.25, 0.3) is 0 Å². The molecule has 0 spiro atoms. The van der Waals surface area contributed by atoms with Crippen LogP contribution in [0.3, 0.4) is 0 Å². The Kier molecular flexibility index (Phi) is 6.96. The highest BCUT2D eigenvalue weighted by Gasteiger charge is 2.56. The van der Waals surface area contributed by atoms with E-state index < -0.39 is 17.5 Å². The summed E-state index contributed by atoms with van der Waals surface area (Å²) in [5.41, 5.74) is -0.958. The van der Waals surface area contributed by atoms with Crippen molar-refractivity contribution in [1.29, 1.82) is 0 Å². The van der Waals surface area contributed by atoms with Crippen molar-refractivity contribution in [2.45, 2.75) is 52.0 Å². The third-order valence-electron chi connectivity index (χ3n) is 6.42. The van der Waals surface area contributed by atoms with E-state index >= 15 is 0 Å². The summed E-state index contributed by atoms with van der Waals surface area (Å²) in [6, 6.07) is 7.01. The summed E-state index contributed by atoms with van der Waals surface area (Å²) >= 11 is 6.21. The van der Waals surface area contributed by atoms with Crippen molar-refractivity contribution in [2.75, 3.05) is 13.7 Å². The predicted octanol–water partition coefficient (Wildman–Crippen LogP) is 4.47. The molecule has 1 atom stereocenters. The number of allylic oxidation sites excluding steroid dienone is 1. The van der Waals surface area contributed by atoms with Gasteiger partial charge in [0.15, 0.2) is 5.70 Å². The van der Waals surface area contributed by atoms with Gasteiger partial charge in [-0.1, -0.05) is 23.7 Å². The second-order valence-electron chi connectivity index (χ2n) is 8.20. The number of rotatable bonds is 8. The first-order chi connectivity index (χ1) is 14.3. The van der Waals surface area contributed by atoms with Gasteiger partial charge in [0.2, 0.25) is 0 Å². The molecule has 1 N–H and O–H groups in total. The number of fused-ring (bicyclic) bond motifs is 2. The number of nitrogens with one attached hydrogen (secondary N) is 1. The summed E-state index contributed by atoms with van der Waals surface area (Å²) < 4.78 is 16.3. The number of benzene rings is 1. The standard InChI is InChI=1S/C23H30ClNO5/c1-5-29-21(26)20(14(2)30-18-9-7-6-8-17(18)24)25-23(3,22(27)28-4)19-15-10-11-16(19)13-12-15/h6-9,15-16,19,25H,5,10-13H2,1-4H3. The molecule has 164 valence electrons. The van der Waals surface area contributed by atoms with Crippen molar-refractivity contribution < 1.29 is 23.8 Å². The SMILES string of the molecule is CCOC(=O)C(NC(C)(C(=O)OC)C1C2CCC1CC2)=C(C)Oc1ccccc1Cl. The Hall–Kier alpha value is -2.21. The smallest absolute Gasteiger partial charge is 0.357 e. The number of halogens is 1. The van der Waals surface area contributed by atoms with Crippen molar-refractivity contribution in [3.63, 3.8) is 0 Å². The number of carbonyl (C=O) groups excluding carboxylic acids is 2. The number of hydrogen-bond donors (Lipinski definition) is 1. The first kappa shape index (κ1) is 22.5. The summed E-state index contributed by atoms with van der Waals surface area (Å²) in [6.45, 7) is 5.41. The van der Waals surface area contributed by atoms with E-state index in [1.165, 1.54) is 7.11 Å². The van der Waals surface area contributed by atoms with E-state index in [2.05, 4.69) is 5.32 Å². The van der Waals surface area contributed by atoms with E-state index in [0.29, 0.717) is 22.6 Å². The van der Waals surface area contributed by atoms with Crippen molar-refractivity contribution in [2.24, 2.45) is 17.8 Å². The van der Waals surface area contributed by atoms with Crippen LogP contribution in [0.2, 0.25) is 5.02 Å². The molecule has 2 fully saturated rings. The first-order valence-electron chi connectivity index (χ1n) is 10.5. The van der Waals surface area contributed by atoms with Gasteiger partial charge < -0.3 is 19.5 Å². The van der Waals surface area contributed by atoms with Gasteiger partial charge in [-0.3, -0.25) is 0 Å². The molecular weight excluding hydrogens is 406 g/mol. The molecular formula is C23H30ClNO5. The van der Waals surface area contributed by atoms with E-state index in [1.54, 1.807) is 38.1 Å². The molecule has 0 aliphatic heterocycles. The van der Waals surface area contributed by atoms with Crippen LogP contribution in [0.5, 0.6) is 5.75 Å². The molecule has 2 aliphatic rings. The molecule has 1 aromatic carbocycles. The van der Waals surface area contributed by atoms with Gasteiger partial charge in [-0.15, -0.1) is 0 Å². The minimum atomic E-state index is -1.07. The van der Waals surface area contributed by atoms with Crippen LogP contribution in [0.4, 0.5) is 0 Å². The van der Waals surface area contributed by atoms with E-state index in [1.807, 2.05) is 6.92 Å². The Bertz CT molecular complexity index is 819. The third kappa shape index (κ3) is 4.29. The fourth-order valence-electron chi connectivity index (χ4n) is 5.16. The number of ether oxygens (including phenoxy) is 3. The lowest BCUT2D eigenvalue weighted by molar-refractivity contribution is -0.151. The van der Waals surface area contributed by atoms with Crippen LogP contribution in [0, 0.1) is 17.8 Å². The zero-order valence-electron chi connectivity index (χ0n) is 18.0. The molecule has 0 radical (unpaired) electrons. The van der Waals surface area contributed by atoms with Crippen LogP contribution in [0.15, 0.2) is 35.7 Å². The van der Waals surface area contributed by atoms with Gasteiger partial charge in [-0.2, -0.15) is 0 Å². The summed E-state index contributed by atoms with van der Waals surface area (Å²) in [7, 11) is 1.37. The Morgan fingerprint density at radius 3 is 2.30 bits per heavy atom. The zero-order valence-corrected chi connectivity index (χ0v) is 18.8. The molecule has 0 amide bonds. The molecule has 3 rings (SSSR count). The molecule has 2 saturated carbocycles. The zero-order chi connectivity index (χ0) is 21.9. The second-order valence-corrected chi connectivity index (χ2v) is 8.61. The Morgan fingerprint density at radius 2 is 1.77 bits per heavy atom. The van der Waals surface area contributed by atoms with Gasteiger partial charge in [0, 0.05) is 0 Å². The Morgan fingerprint density at radius 1 is 1.17 bits per heavy atom. The predicted molar refractivity (Wildman–Crippen MR) is 114 cm³/mol. The maximum absolute atomic E-state index is 13.0. The van der Waals surface area contributed by atoms with E-state index in [4.69, 9.17) is 25.8 Å². The van der Waals surface area contributed by atoms with Crippen LogP contribution in [-0.4, -0.2) is 31.2 Å². The molecule has 1 aromatic rings. The van der Waals surface area contributed by atoms with Crippen LogP contribution < -0.4 is 10.1 Å². The van der Waals surface area contributed by atoms with Gasteiger partial charge in [0.05, 0.1) is 18.7 Å². The largest absolute Gasteiger partial charge is 0.467 e. The van der Waals surface area contributed by atoms with Gasteiger partial charge in [0.1, 0.15) is 17.0 Å². The van der Waals surface area contributed by atoms with Crippen molar-refractivity contribution in [1.82, 2.24) is 5.32 Å². The summed E-state index contributed by atoms with van der Waals surface area (Å²) in [5.74, 6) is 0.673. The second kappa shape index (κ2) is 9.29. The van der Waals surface area contributed by atoms with Crippen molar-refractivity contribution >= 4 is 23.5 Å². The Labute approximate surface area is 182 Å². The molecule has 1 unspecified atom stereocenters. The lowest BCUT2D eigenvalue weighted by Crippen LogP contribution is -2.58. The topological polar surface area (TPSA) is 73.9 Å². The lowest BCUT2D eigenvalue weighted by atomic mass is 9.78. The fourth-order valence-corrected chi connectivity index (χ4v) is 5.34. The number of hydrogen-bond acceptors (Lipinski definition) is 6. The molecule has 7 heteroatoms. The highest BCUT2D eigenvalue weighted by Crippen LogP contribution is 2.54. The average Bonchev–Trinajstić information content (AvgIpc) is 3.34. The fraction of sp³-hybridized carbons (Fsp3) is 0.565. The molecule has 0 aromatic heterocycles. The highest BCUT2D eigenvalue weighted by atomic mass is 35.5. The Balaban J connectivity index is 1.98. The van der Waals surface area contributed by atoms with Crippen LogP contribution in [0.25, 0.3) is 0 Å². The van der Waals surface area contributed by atoms with Gasteiger partial charge in [-0.05, 0) is 76.3 Å². The average molecular weight is 436 g/mol. The lowest BCUT2D eigenvalue weighted by Gasteiger charge is -2.38. The number of carbonyl (C=O) groups is 2. The molecule has 0 saturated heterocycles. The van der Waals surface area contributed by atoms with Gasteiger partial charge in [-0.25, -0.2) is 9.59 Å². The maximum Gasteiger partial charge on any atom is 0.357 e. The van der Waals surface area contributed by atoms with Crippen LogP contribution in [0.1, 0.15) is 46.5 Å². The van der Waals surface area contributed by atoms with Crippen LogP contribution in [-0.2, 0) is 19.1 Å².